The largest absolute Gasteiger partial charge is 0.495 e. The molecule has 1 aromatic carbocycles. The van der Waals surface area contributed by atoms with Crippen LogP contribution >= 0.6 is 0 Å². The molecule has 0 unspecified atom stereocenters. The van der Waals surface area contributed by atoms with Crippen LogP contribution in [0.3, 0.4) is 0 Å². The minimum Gasteiger partial charge on any atom is -0.495 e. The lowest BCUT2D eigenvalue weighted by Crippen LogP contribution is -2.22. The van der Waals surface area contributed by atoms with E-state index in [0.717, 1.165) is 5.69 Å². The Morgan fingerprint density at radius 2 is 2.07 bits per heavy atom. The fourth-order valence-electron chi connectivity index (χ4n) is 1.12. The molecule has 0 saturated heterocycles. The van der Waals surface area contributed by atoms with Gasteiger partial charge in [0.2, 0.25) is 10.0 Å². The van der Waals surface area contributed by atoms with Crippen molar-refractivity contribution in [2.24, 2.45) is 5.14 Å². The van der Waals surface area contributed by atoms with Gasteiger partial charge in [0.1, 0.15) is 5.75 Å². The molecule has 0 atom stereocenters. The van der Waals surface area contributed by atoms with Gasteiger partial charge in [-0.1, -0.05) is 12.1 Å². The van der Waals surface area contributed by atoms with Gasteiger partial charge in [-0.25, -0.2) is 13.6 Å². The van der Waals surface area contributed by atoms with Crippen LogP contribution in [0.1, 0.15) is 0 Å². The van der Waals surface area contributed by atoms with Crippen molar-refractivity contribution < 1.29 is 13.2 Å². The maximum atomic E-state index is 10.7. The maximum Gasteiger partial charge on any atom is 0.210 e. The van der Waals surface area contributed by atoms with E-state index in [1.54, 1.807) is 13.2 Å². The van der Waals surface area contributed by atoms with E-state index in [0.29, 0.717) is 5.75 Å². The summed E-state index contributed by atoms with van der Waals surface area (Å²) in [4.78, 5) is 0. The van der Waals surface area contributed by atoms with E-state index in [9.17, 15) is 8.42 Å². The highest BCUT2D eigenvalue weighted by atomic mass is 32.2. The fraction of sp³-hybridized carbons (Fsp3) is 0.333. The SMILES string of the molecule is COc1ccccc1NCCS(N)(=O)=O. The first-order chi connectivity index (χ1) is 7.03. The highest BCUT2D eigenvalue weighted by Gasteiger charge is 2.04. The monoisotopic (exact) mass is 230 g/mol. The Kier molecular flexibility index (Phi) is 3.93. The Balaban J connectivity index is 2.58. The van der Waals surface area contributed by atoms with Gasteiger partial charge >= 0.3 is 0 Å². The number of primary sulfonamides is 1. The van der Waals surface area contributed by atoms with Crippen LogP contribution in [0, 0.1) is 0 Å². The summed E-state index contributed by atoms with van der Waals surface area (Å²) in [7, 11) is -1.86. The molecule has 0 aliphatic carbocycles. The number of nitrogens with one attached hydrogen (secondary N) is 1. The van der Waals surface area contributed by atoms with Crippen molar-refractivity contribution in [2.75, 3.05) is 24.7 Å². The third-order valence-electron chi connectivity index (χ3n) is 1.81. The number of anilines is 1. The van der Waals surface area contributed by atoms with Crippen LogP contribution in [0.2, 0.25) is 0 Å². The Bertz CT molecular complexity index is 417. The zero-order chi connectivity index (χ0) is 11.3. The molecule has 0 spiro atoms. The van der Waals surface area contributed by atoms with Crippen molar-refractivity contribution in [3.63, 3.8) is 0 Å². The molecular formula is C9H14N2O3S. The number of methoxy groups -OCH3 is 1. The van der Waals surface area contributed by atoms with Gasteiger partial charge in [-0.3, -0.25) is 0 Å². The first-order valence-corrected chi connectivity index (χ1v) is 6.12. The Hall–Kier alpha value is -1.27. The summed E-state index contributed by atoms with van der Waals surface area (Å²) in [6.45, 7) is 0.263. The number of hydrogen-bond donors (Lipinski definition) is 2. The molecule has 0 radical (unpaired) electrons. The first-order valence-electron chi connectivity index (χ1n) is 4.40. The fourth-order valence-corrected chi connectivity index (χ4v) is 1.51. The number of benzene rings is 1. The van der Waals surface area contributed by atoms with Gasteiger partial charge in [-0.2, -0.15) is 0 Å². The summed E-state index contributed by atoms with van der Waals surface area (Å²) in [5.41, 5.74) is 0.753. The van der Waals surface area contributed by atoms with Crippen molar-refractivity contribution in [3.05, 3.63) is 24.3 Å². The van der Waals surface area contributed by atoms with Gasteiger partial charge < -0.3 is 10.1 Å². The third kappa shape index (κ3) is 4.18. The molecule has 1 aromatic rings. The third-order valence-corrected chi connectivity index (χ3v) is 2.58. The molecule has 0 aliphatic rings. The van der Waals surface area contributed by atoms with Crippen molar-refractivity contribution in [1.29, 1.82) is 0 Å². The maximum absolute atomic E-state index is 10.7. The summed E-state index contributed by atoms with van der Waals surface area (Å²) in [5.74, 6) is 0.567. The second-order valence-corrected chi connectivity index (χ2v) is 4.73. The Morgan fingerprint density at radius 3 is 2.67 bits per heavy atom. The summed E-state index contributed by atoms with van der Waals surface area (Å²) in [5, 5.41) is 7.81. The predicted molar refractivity (Wildman–Crippen MR) is 59.5 cm³/mol. The normalized spacial score (nSPS) is 11.1. The smallest absolute Gasteiger partial charge is 0.210 e. The highest BCUT2D eigenvalue weighted by molar-refractivity contribution is 7.89. The zero-order valence-corrected chi connectivity index (χ0v) is 9.25. The summed E-state index contributed by atoms with van der Waals surface area (Å²) in [6.07, 6.45) is 0. The van der Waals surface area contributed by atoms with Gasteiger partial charge in [0.15, 0.2) is 0 Å². The second-order valence-electron chi connectivity index (χ2n) is 2.99. The van der Waals surface area contributed by atoms with Crippen LogP contribution in [0.5, 0.6) is 5.75 Å². The number of sulfonamides is 1. The van der Waals surface area contributed by atoms with Gasteiger partial charge in [-0.15, -0.1) is 0 Å². The van der Waals surface area contributed by atoms with Crippen LogP contribution in [0.4, 0.5) is 5.69 Å². The summed E-state index contributed by atoms with van der Waals surface area (Å²) in [6, 6.07) is 7.27. The molecule has 6 heteroatoms. The van der Waals surface area contributed by atoms with Crippen molar-refractivity contribution >= 4 is 15.7 Å². The van der Waals surface area contributed by atoms with Crippen molar-refractivity contribution in [1.82, 2.24) is 0 Å². The average Bonchev–Trinajstić information content (AvgIpc) is 2.16. The lowest BCUT2D eigenvalue weighted by molar-refractivity contribution is 0.416. The molecule has 0 fully saturated rings. The molecule has 1 rings (SSSR count). The minimum absolute atomic E-state index is 0.106. The topological polar surface area (TPSA) is 81.4 Å². The molecule has 0 amide bonds. The highest BCUT2D eigenvalue weighted by Crippen LogP contribution is 2.22. The van der Waals surface area contributed by atoms with Crippen molar-refractivity contribution in [3.8, 4) is 5.75 Å². The van der Waals surface area contributed by atoms with Crippen LogP contribution in [-0.4, -0.2) is 27.8 Å². The molecular weight excluding hydrogens is 216 g/mol. The molecule has 15 heavy (non-hydrogen) atoms. The van der Waals surface area contributed by atoms with E-state index in [4.69, 9.17) is 9.88 Å². The van der Waals surface area contributed by atoms with E-state index in [2.05, 4.69) is 5.32 Å². The number of rotatable bonds is 5. The van der Waals surface area contributed by atoms with E-state index >= 15 is 0 Å². The van der Waals surface area contributed by atoms with Gasteiger partial charge in [0.25, 0.3) is 0 Å². The van der Waals surface area contributed by atoms with Gasteiger partial charge in [0, 0.05) is 6.54 Å². The first kappa shape index (κ1) is 11.8. The Labute approximate surface area is 89.3 Å². The number of ether oxygens (including phenoxy) is 1. The molecule has 5 nitrogen and oxygen atoms in total. The quantitative estimate of drug-likeness (QED) is 0.767. The molecule has 0 heterocycles. The molecule has 0 saturated carbocycles. The molecule has 84 valence electrons. The molecule has 3 N–H and O–H groups in total. The van der Waals surface area contributed by atoms with Crippen LogP contribution in [-0.2, 0) is 10.0 Å². The number of nitrogens with two attached hydrogens (primary N) is 1. The number of hydrogen-bond acceptors (Lipinski definition) is 4. The summed E-state index contributed by atoms with van der Waals surface area (Å²) < 4.78 is 26.4. The van der Waals surface area contributed by atoms with E-state index < -0.39 is 10.0 Å². The van der Waals surface area contributed by atoms with Crippen LogP contribution in [0.15, 0.2) is 24.3 Å². The van der Waals surface area contributed by atoms with E-state index in [1.807, 2.05) is 18.2 Å². The average molecular weight is 230 g/mol. The molecule has 0 bridgehead atoms. The van der Waals surface area contributed by atoms with Gasteiger partial charge in [-0.05, 0) is 12.1 Å². The lowest BCUT2D eigenvalue weighted by Gasteiger charge is -2.09. The van der Waals surface area contributed by atoms with Crippen molar-refractivity contribution in [2.45, 2.75) is 0 Å². The summed E-state index contributed by atoms with van der Waals surface area (Å²) >= 11 is 0. The molecule has 0 aromatic heterocycles. The second kappa shape index (κ2) is 4.99. The molecule has 0 aliphatic heterocycles. The predicted octanol–water partition coefficient (Wildman–Crippen LogP) is 0.396. The van der Waals surface area contributed by atoms with E-state index in [1.165, 1.54) is 0 Å². The van der Waals surface area contributed by atoms with Crippen LogP contribution < -0.4 is 15.2 Å². The van der Waals surface area contributed by atoms with Gasteiger partial charge in [0.05, 0.1) is 18.6 Å². The number of para-hydroxylation sites is 2. The zero-order valence-electron chi connectivity index (χ0n) is 8.43. The standard InChI is InChI=1S/C9H14N2O3S/c1-14-9-5-3-2-4-8(9)11-6-7-15(10,12)13/h2-5,11H,6-7H2,1H3,(H2,10,12,13). The van der Waals surface area contributed by atoms with Crippen LogP contribution in [0.25, 0.3) is 0 Å². The Morgan fingerprint density at radius 1 is 1.40 bits per heavy atom. The lowest BCUT2D eigenvalue weighted by atomic mass is 10.3. The van der Waals surface area contributed by atoms with E-state index in [-0.39, 0.29) is 12.3 Å². The minimum atomic E-state index is -3.42.